The Morgan fingerprint density at radius 2 is 2.14 bits per heavy atom. The molecule has 22 heavy (non-hydrogen) atoms. The Bertz CT molecular complexity index is 362. The molecular weight excluding hydrogens is 296 g/mol. The molecule has 6 heteroatoms. The van der Waals surface area contributed by atoms with E-state index in [1.165, 1.54) is 19.3 Å². The van der Waals surface area contributed by atoms with Gasteiger partial charge < -0.3 is 16.0 Å². The van der Waals surface area contributed by atoms with Crippen molar-refractivity contribution >= 4 is 23.6 Å². The maximum Gasteiger partial charge on any atom is 0.222 e. The molecule has 5 nitrogen and oxygen atoms in total. The number of amides is 1. The summed E-state index contributed by atoms with van der Waals surface area (Å²) < 4.78 is 0. The summed E-state index contributed by atoms with van der Waals surface area (Å²) in [6.07, 6.45) is 7.25. The van der Waals surface area contributed by atoms with Crippen molar-refractivity contribution < 1.29 is 4.79 Å². The van der Waals surface area contributed by atoms with Crippen LogP contribution in [0.1, 0.15) is 52.9 Å². The SMILES string of the molecule is CCNC(=NCCC(=O)NC(C)CC)NC1CCC(SC)C1. The molecule has 0 radical (unpaired) electrons. The summed E-state index contributed by atoms with van der Waals surface area (Å²) >= 11 is 1.95. The molecule has 3 unspecified atom stereocenters. The van der Waals surface area contributed by atoms with E-state index >= 15 is 0 Å². The number of hydrogen-bond donors (Lipinski definition) is 3. The van der Waals surface area contributed by atoms with Gasteiger partial charge in [0.05, 0.1) is 6.54 Å². The van der Waals surface area contributed by atoms with E-state index in [4.69, 9.17) is 0 Å². The van der Waals surface area contributed by atoms with Crippen LogP contribution in [0.5, 0.6) is 0 Å². The predicted molar refractivity (Wildman–Crippen MR) is 96.6 cm³/mol. The minimum absolute atomic E-state index is 0.0808. The Morgan fingerprint density at radius 1 is 1.36 bits per heavy atom. The largest absolute Gasteiger partial charge is 0.357 e. The number of nitrogens with one attached hydrogen (secondary N) is 3. The third-order valence-electron chi connectivity index (χ3n) is 4.03. The minimum Gasteiger partial charge on any atom is -0.357 e. The molecule has 128 valence electrons. The highest BCUT2D eigenvalue weighted by molar-refractivity contribution is 7.99. The van der Waals surface area contributed by atoms with Crippen LogP contribution in [0.2, 0.25) is 0 Å². The van der Waals surface area contributed by atoms with Crippen molar-refractivity contribution in [2.24, 2.45) is 4.99 Å². The fourth-order valence-electron chi connectivity index (χ4n) is 2.52. The molecule has 0 saturated heterocycles. The van der Waals surface area contributed by atoms with Gasteiger partial charge >= 0.3 is 0 Å². The molecule has 3 atom stereocenters. The minimum atomic E-state index is 0.0808. The second-order valence-electron chi connectivity index (χ2n) is 5.90. The van der Waals surface area contributed by atoms with Crippen molar-refractivity contribution in [3.8, 4) is 0 Å². The zero-order valence-corrected chi connectivity index (χ0v) is 15.3. The van der Waals surface area contributed by atoms with Crippen LogP contribution in [0.4, 0.5) is 0 Å². The van der Waals surface area contributed by atoms with Crippen LogP contribution in [0, 0.1) is 0 Å². The first-order valence-electron chi connectivity index (χ1n) is 8.46. The van der Waals surface area contributed by atoms with Gasteiger partial charge in [-0.15, -0.1) is 0 Å². The van der Waals surface area contributed by atoms with E-state index in [1.54, 1.807) is 0 Å². The van der Waals surface area contributed by atoms with Crippen molar-refractivity contribution in [2.45, 2.75) is 70.2 Å². The normalized spacial score (nSPS) is 23.2. The zero-order chi connectivity index (χ0) is 16.4. The topological polar surface area (TPSA) is 65.5 Å². The molecule has 0 heterocycles. The monoisotopic (exact) mass is 328 g/mol. The van der Waals surface area contributed by atoms with E-state index in [0.717, 1.165) is 24.2 Å². The number of carbonyl (C=O) groups is 1. The molecule has 1 rings (SSSR count). The molecule has 0 aliphatic heterocycles. The van der Waals surface area contributed by atoms with Gasteiger partial charge in [0.15, 0.2) is 5.96 Å². The number of hydrogen-bond acceptors (Lipinski definition) is 3. The van der Waals surface area contributed by atoms with Gasteiger partial charge in [-0.2, -0.15) is 11.8 Å². The zero-order valence-electron chi connectivity index (χ0n) is 14.4. The lowest BCUT2D eigenvalue weighted by atomic mass is 10.2. The number of nitrogens with zero attached hydrogens (tertiary/aromatic N) is 1. The number of guanidine groups is 1. The number of carbonyl (C=O) groups excluding carboxylic acids is 1. The van der Waals surface area contributed by atoms with E-state index < -0.39 is 0 Å². The number of thioether (sulfide) groups is 1. The second kappa shape index (κ2) is 10.8. The molecular formula is C16H32N4OS. The summed E-state index contributed by atoms with van der Waals surface area (Å²) in [5.74, 6) is 0.919. The maximum absolute atomic E-state index is 11.8. The lowest BCUT2D eigenvalue weighted by Crippen LogP contribution is -2.42. The Morgan fingerprint density at radius 3 is 2.73 bits per heavy atom. The lowest BCUT2D eigenvalue weighted by Gasteiger charge is -2.17. The highest BCUT2D eigenvalue weighted by Gasteiger charge is 2.24. The number of aliphatic imine (C=N–C) groups is 1. The summed E-state index contributed by atoms with van der Waals surface area (Å²) in [7, 11) is 0. The molecule has 1 fully saturated rings. The van der Waals surface area contributed by atoms with Gasteiger partial charge in [-0.3, -0.25) is 9.79 Å². The number of rotatable bonds is 8. The van der Waals surface area contributed by atoms with E-state index in [9.17, 15) is 4.79 Å². The summed E-state index contributed by atoms with van der Waals surface area (Å²) in [5.41, 5.74) is 0. The average Bonchev–Trinajstić information content (AvgIpc) is 2.94. The molecule has 0 aromatic heterocycles. The Hall–Kier alpha value is -0.910. The van der Waals surface area contributed by atoms with Gasteiger partial charge in [0.1, 0.15) is 0 Å². The Kier molecular flexibility index (Phi) is 9.36. The summed E-state index contributed by atoms with van der Waals surface area (Å²) in [5, 5.41) is 10.5. The first kappa shape index (κ1) is 19.1. The van der Waals surface area contributed by atoms with Crippen molar-refractivity contribution in [2.75, 3.05) is 19.3 Å². The van der Waals surface area contributed by atoms with Crippen molar-refractivity contribution in [3.63, 3.8) is 0 Å². The van der Waals surface area contributed by atoms with Gasteiger partial charge in [0, 0.05) is 30.3 Å². The first-order chi connectivity index (χ1) is 10.6. The molecule has 1 saturated carbocycles. The molecule has 0 aromatic rings. The van der Waals surface area contributed by atoms with Gasteiger partial charge in [0.25, 0.3) is 0 Å². The second-order valence-corrected chi connectivity index (χ2v) is 7.04. The Balaban J connectivity index is 2.37. The van der Waals surface area contributed by atoms with Crippen LogP contribution in [-0.2, 0) is 4.79 Å². The molecule has 1 aliphatic rings. The highest BCUT2D eigenvalue weighted by atomic mass is 32.2. The molecule has 0 aromatic carbocycles. The van der Waals surface area contributed by atoms with Gasteiger partial charge in [-0.25, -0.2) is 0 Å². The first-order valence-corrected chi connectivity index (χ1v) is 9.74. The third-order valence-corrected chi connectivity index (χ3v) is 5.13. The third kappa shape index (κ3) is 7.38. The average molecular weight is 329 g/mol. The fraction of sp³-hybridized carbons (Fsp3) is 0.875. The standard InChI is InChI=1S/C16H32N4OS/c1-5-12(3)19-15(21)9-10-18-16(17-6-2)20-13-7-8-14(11-13)22-4/h12-14H,5-11H2,1-4H3,(H,19,21)(H2,17,18,20). The van der Waals surface area contributed by atoms with Crippen LogP contribution >= 0.6 is 11.8 Å². The molecule has 0 spiro atoms. The summed E-state index contributed by atoms with van der Waals surface area (Å²) in [4.78, 5) is 16.3. The van der Waals surface area contributed by atoms with Gasteiger partial charge in [-0.1, -0.05) is 6.92 Å². The van der Waals surface area contributed by atoms with Crippen LogP contribution in [0.25, 0.3) is 0 Å². The quantitative estimate of drug-likeness (QED) is 0.472. The molecule has 1 amide bonds. The smallest absolute Gasteiger partial charge is 0.222 e. The van der Waals surface area contributed by atoms with Crippen molar-refractivity contribution in [1.82, 2.24) is 16.0 Å². The highest BCUT2D eigenvalue weighted by Crippen LogP contribution is 2.27. The van der Waals surface area contributed by atoms with E-state index in [-0.39, 0.29) is 11.9 Å². The summed E-state index contributed by atoms with van der Waals surface area (Å²) in [6, 6.07) is 0.744. The predicted octanol–water partition coefficient (Wildman–Crippen LogP) is 2.13. The molecule has 0 bridgehead atoms. The van der Waals surface area contributed by atoms with Gasteiger partial charge in [0.2, 0.25) is 5.91 Å². The van der Waals surface area contributed by atoms with Gasteiger partial charge in [-0.05, 0) is 45.8 Å². The molecule has 1 aliphatic carbocycles. The van der Waals surface area contributed by atoms with E-state index in [2.05, 4.69) is 41.0 Å². The van der Waals surface area contributed by atoms with E-state index in [1.807, 2.05) is 18.7 Å². The van der Waals surface area contributed by atoms with Crippen LogP contribution in [0.15, 0.2) is 4.99 Å². The van der Waals surface area contributed by atoms with Crippen LogP contribution in [-0.4, -0.2) is 48.5 Å². The fourth-order valence-corrected chi connectivity index (χ4v) is 3.31. The van der Waals surface area contributed by atoms with E-state index in [0.29, 0.717) is 19.0 Å². The van der Waals surface area contributed by atoms with Crippen LogP contribution < -0.4 is 16.0 Å². The van der Waals surface area contributed by atoms with Crippen molar-refractivity contribution in [1.29, 1.82) is 0 Å². The summed E-state index contributed by atoms with van der Waals surface area (Å²) in [6.45, 7) is 7.51. The molecule has 3 N–H and O–H groups in total. The lowest BCUT2D eigenvalue weighted by molar-refractivity contribution is -0.121. The Labute approximate surface area is 139 Å². The van der Waals surface area contributed by atoms with Crippen LogP contribution in [0.3, 0.4) is 0 Å². The van der Waals surface area contributed by atoms with Crippen molar-refractivity contribution in [3.05, 3.63) is 0 Å². The maximum atomic E-state index is 11.8.